The number of benzene rings is 2. The van der Waals surface area contributed by atoms with E-state index in [-0.39, 0.29) is 33.6 Å². The normalized spacial score (nSPS) is 12.1. The molecule has 31 heavy (non-hydrogen) atoms. The number of carbonyl (C=O) groups excluding carboxylic acids is 2. The third kappa shape index (κ3) is 6.03. The van der Waals surface area contributed by atoms with Gasteiger partial charge >= 0.3 is 5.97 Å². The van der Waals surface area contributed by atoms with Crippen molar-refractivity contribution in [1.29, 1.82) is 0 Å². The Morgan fingerprint density at radius 2 is 1.81 bits per heavy atom. The minimum absolute atomic E-state index is 0.0795. The monoisotopic (exact) mass is 488 g/mol. The van der Waals surface area contributed by atoms with E-state index in [0.717, 1.165) is 10.6 Å². The molecule has 1 atom stereocenters. The molecule has 0 unspecified atom stereocenters. The van der Waals surface area contributed by atoms with Crippen molar-refractivity contribution in [2.75, 3.05) is 29.6 Å². The number of amides is 1. The van der Waals surface area contributed by atoms with Crippen LogP contribution in [0, 0.1) is 0 Å². The van der Waals surface area contributed by atoms with E-state index >= 15 is 0 Å². The lowest BCUT2D eigenvalue weighted by Gasteiger charge is -2.28. The third-order valence-corrected chi connectivity index (χ3v) is 6.07. The second-order valence-electron chi connectivity index (χ2n) is 6.46. The van der Waals surface area contributed by atoms with Crippen LogP contribution in [0.3, 0.4) is 0 Å². The number of rotatable bonds is 8. The van der Waals surface area contributed by atoms with Crippen LogP contribution in [0.4, 0.5) is 11.4 Å². The highest BCUT2D eigenvalue weighted by atomic mass is 35.5. The van der Waals surface area contributed by atoms with Crippen LogP contribution < -0.4 is 14.4 Å². The molecule has 0 heterocycles. The number of nitrogens with zero attached hydrogens (tertiary/aromatic N) is 1. The number of halogens is 2. The van der Waals surface area contributed by atoms with Gasteiger partial charge in [-0.25, -0.2) is 13.2 Å². The van der Waals surface area contributed by atoms with Crippen molar-refractivity contribution in [2.45, 2.75) is 19.9 Å². The van der Waals surface area contributed by atoms with E-state index in [9.17, 15) is 18.0 Å². The summed E-state index contributed by atoms with van der Waals surface area (Å²) in [6, 6.07) is 7.53. The second kappa shape index (κ2) is 10.2. The van der Waals surface area contributed by atoms with Gasteiger partial charge in [0, 0.05) is 5.69 Å². The molecule has 0 aliphatic carbocycles. The molecule has 0 aliphatic rings. The van der Waals surface area contributed by atoms with Crippen LogP contribution in [0.1, 0.15) is 24.2 Å². The summed E-state index contributed by atoms with van der Waals surface area (Å²) >= 11 is 12.2. The maximum Gasteiger partial charge on any atom is 0.339 e. The largest absolute Gasteiger partial charge is 0.495 e. The molecule has 0 aliphatic heterocycles. The minimum Gasteiger partial charge on any atom is -0.495 e. The van der Waals surface area contributed by atoms with Crippen molar-refractivity contribution in [3.8, 4) is 5.75 Å². The summed E-state index contributed by atoms with van der Waals surface area (Å²) in [6.45, 7) is 3.25. The van der Waals surface area contributed by atoms with E-state index in [1.54, 1.807) is 6.92 Å². The smallest absolute Gasteiger partial charge is 0.339 e. The van der Waals surface area contributed by atoms with Gasteiger partial charge < -0.3 is 14.8 Å². The number of carbonyl (C=O) groups is 2. The fourth-order valence-electron chi connectivity index (χ4n) is 2.82. The van der Waals surface area contributed by atoms with Crippen LogP contribution in [0.5, 0.6) is 5.75 Å². The van der Waals surface area contributed by atoms with Crippen LogP contribution in [-0.2, 0) is 19.6 Å². The van der Waals surface area contributed by atoms with Crippen molar-refractivity contribution in [2.24, 2.45) is 0 Å². The average Bonchev–Trinajstić information content (AvgIpc) is 2.68. The maximum atomic E-state index is 12.8. The second-order valence-corrected chi connectivity index (χ2v) is 9.13. The van der Waals surface area contributed by atoms with E-state index in [1.165, 1.54) is 50.4 Å². The molecule has 2 aromatic rings. The van der Waals surface area contributed by atoms with Gasteiger partial charge in [-0.15, -0.1) is 0 Å². The van der Waals surface area contributed by atoms with Crippen molar-refractivity contribution in [1.82, 2.24) is 0 Å². The molecule has 0 fully saturated rings. The Morgan fingerprint density at radius 3 is 2.35 bits per heavy atom. The minimum atomic E-state index is -3.85. The van der Waals surface area contributed by atoms with Crippen molar-refractivity contribution in [3.63, 3.8) is 0 Å². The van der Waals surface area contributed by atoms with Crippen molar-refractivity contribution >= 4 is 56.5 Å². The Labute approximate surface area is 191 Å². The van der Waals surface area contributed by atoms with E-state index in [2.05, 4.69) is 5.32 Å². The summed E-state index contributed by atoms with van der Waals surface area (Å²) in [6.07, 6.45) is 0.982. The third-order valence-electron chi connectivity index (χ3n) is 4.21. The summed E-state index contributed by atoms with van der Waals surface area (Å²) in [4.78, 5) is 24.9. The molecule has 2 rings (SSSR count). The van der Waals surface area contributed by atoms with Gasteiger partial charge in [0.1, 0.15) is 11.8 Å². The molecule has 168 valence electrons. The summed E-state index contributed by atoms with van der Waals surface area (Å²) in [7, 11) is -2.42. The van der Waals surface area contributed by atoms with E-state index in [0.29, 0.717) is 5.75 Å². The molecule has 0 bridgehead atoms. The Kier molecular flexibility index (Phi) is 8.16. The maximum absolute atomic E-state index is 12.8. The highest BCUT2D eigenvalue weighted by molar-refractivity contribution is 7.92. The summed E-state index contributed by atoms with van der Waals surface area (Å²) in [5.74, 6) is -0.902. The lowest BCUT2D eigenvalue weighted by molar-refractivity contribution is -0.116. The Balaban J connectivity index is 2.34. The molecule has 1 N–H and O–H groups in total. The van der Waals surface area contributed by atoms with Gasteiger partial charge in [-0.2, -0.15) is 0 Å². The number of nitrogens with one attached hydrogen (secondary N) is 1. The molecule has 11 heteroatoms. The number of methoxy groups -OCH3 is 1. The fourth-order valence-corrected chi connectivity index (χ4v) is 4.43. The molecule has 8 nitrogen and oxygen atoms in total. The fraction of sp³-hybridized carbons (Fsp3) is 0.300. The quantitative estimate of drug-likeness (QED) is 0.563. The molecular weight excluding hydrogens is 467 g/mol. The zero-order valence-electron chi connectivity index (χ0n) is 17.3. The number of hydrogen-bond donors (Lipinski definition) is 1. The zero-order valence-corrected chi connectivity index (χ0v) is 19.6. The number of hydrogen-bond acceptors (Lipinski definition) is 6. The van der Waals surface area contributed by atoms with Gasteiger partial charge in [0.15, 0.2) is 0 Å². The first-order valence-corrected chi connectivity index (χ1v) is 11.7. The van der Waals surface area contributed by atoms with Crippen LogP contribution in [0.25, 0.3) is 0 Å². The van der Waals surface area contributed by atoms with Crippen LogP contribution in [0.2, 0.25) is 10.0 Å². The standard InChI is InChI=1S/C20H22Cl2N2O6S/c1-5-30-20(26)15-10-13(6-8-16(15)21)23-19(25)12(2)24(31(4,27)28)14-7-9-18(29-3)17(22)11-14/h6-12H,5H2,1-4H3,(H,23,25)/t12-/m1/s1. The summed E-state index contributed by atoms with van der Waals surface area (Å²) in [5, 5.41) is 2.95. The molecule has 0 aromatic heterocycles. The van der Waals surface area contributed by atoms with E-state index in [1.807, 2.05) is 0 Å². The molecule has 0 radical (unpaired) electrons. The van der Waals surface area contributed by atoms with Gasteiger partial charge in [0.2, 0.25) is 15.9 Å². The predicted octanol–water partition coefficient (Wildman–Crippen LogP) is 3.97. The van der Waals surface area contributed by atoms with Crippen LogP contribution in [0.15, 0.2) is 36.4 Å². The molecule has 1 amide bonds. The first kappa shape index (κ1) is 24.8. The molecule has 0 saturated carbocycles. The van der Waals surface area contributed by atoms with Gasteiger partial charge in [-0.1, -0.05) is 23.2 Å². The Bertz CT molecular complexity index is 1090. The highest BCUT2D eigenvalue weighted by Gasteiger charge is 2.30. The summed E-state index contributed by atoms with van der Waals surface area (Å²) in [5.41, 5.74) is 0.528. The molecule has 2 aromatic carbocycles. The number of anilines is 2. The average molecular weight is 489 g/mol. The van der Waals surface area contributed by atoms with Crippen molar-refractivity contribution < 1.29 is 27.5 Å². The number of ether oxygens (including phenoxy) is 2. The van der Waals surface area contributed by atoms with E-state index < -0.39 is 27.9 Å². The zero-order chi connectivity index (χ0) is 23.3. The van der Waals surface area contributed by atoms with E-state index in [4.69, 9.17) is 32.7 Å². The van der Waals surface area contributed by atoms with Gasteiger partial charge in [-0.05, 0) is 50.2 Å². The lowest BCUT2D eigenvalue weighted by atomic mass is 10.2. The predicted molar refractivity (Wildman–Crippen MR) is 121 cm³/mol. The first-order valence-electron chi connectivity index (χ1n) is 9.10. The molecular formula is C20H22Cl2N2O6S. The first-order chi connectivity index (χ1) is 14.5. The van der Waals surface area contributed by atoms with Crippen LogP contribution in [-0.4, -0.2) is 46.3 Å². The van der Waals surface area contributed by atoms with Crippen molar-refractivity contribution in [3.05, 3.63) is 52.0 Å². The molecule has 0 saturated heterocycles. The molecule has 0 spiro atoms. The van der Waals surface area contributed by atoms with Gasteiger partial charge in [-0.3, -0.25) is 9.10 Å². The lowest BCUT2D eigenvalue weighted by Crippen LogP contribution is -2.45. The topological polar surface area (TPSA) is 102 Å². The highest BCUT2D eigenvalue weighted by Crippen LogP contribution is 2.31. The van der Waals surface area contributed by atoms with Gasteiger partial charge in [0.25, 0.3) is 0 Å². The van der Waals surface area contributed by atoms with Crippen LogP contribution >= 0.6 is 23.2 Å². The van der Waals surface area contributed by atoms with Gasteiger partial charge in [0.05, 0.1) is 41.3 Å². The Morgan fingerprint density at radius 1 is 1.13 bits per heavy atom. The Hall–Kier alpha value is -2.49. The SMILES string of the molecule is CCOC(=O)c1cc(NC(=O)[C@@H](C)N(c2ccc(OC)c(Cl)c2)S(C)(=O)=O)ccc1Cl. The summed E-state index contributed by atoms with van der Waals surface area (Å²) < 4.78 is 35.9. The number of esters is 1. The number of sulfonamides is 1.